The number of hydrogen-bond acceptors (Lipinski definition) is 5. The third-order valence-corrected chi connectivity index (χ3v) is 4.22. The average Bonchev–Trinajstić information content (AvgIpc) is 2.72. The van der Waals surface area contributed by atoms with Crippen LogP contribution >= 0.6 is 0 Å². The number of carbonyl (C=O) groups is 3. The van der Waals surface area contributed by atoms with E-state index in [4.69, 9.17) is 9.84 Å². The number of carbonyl (C=O) groups excluding carboxylic acids is 3. The molecule has 0 unspecified atom stereocenters. The van der Waals surface area contributed by atoms with E-state index in [-0.39, 0.29) is 30.7 Å². The standard InChI is InChI=1S/C22H25NO5/c1-16(25)19-3-2-4-20(15-19)21(26)10-7-17-5-8-18(9-6-17)22(27)23-11-13-28-14-12-24/h2-6,8-9,15,24H,7,10-14H2,1H3,(H,23,27). The fourth-order valence-corrected chi connectivity index (χ4v) is 2.64. The van der Waals surface area contributed by atoms with Gasteiger partial charge in [0.2, 0.25) is 0 Å². The maximum Gasteiger partial charge on any atom is 0.251 e. The van der Waals surface area contributed by atoms with Crippen molar-refractivity contribution >= 4 is 17.5 Å². The number of aliphatic hydroxyl groups is 1. The van der Waals surface area contributed by atoms with Gasteiger partial charge in [0.25, 0.3) is 5.91 Å². The molecule has 0 heterocycles. The number of nitrogens with one attached hydrogen (secondary N) is 1. The summed E-state index contributed by atoms with van der Waals surface area (Å²) in [6.45, 7) is 2.40. The van der Waals surface area contributed by atoms with Gasteiger partial charge in [-0.1, -0.05) is 30.3 Å². The normalized spacial score (nSPS) is 10.5. The Morgan fingerprint density at radius 1 is 0.964 bits per heavy atom. The van der Waals surface area contributed by atoms with Crippen LogP contribution in [0.3, 0.4) is 0 Å². The lowest BCUT2D eigenvalue weighted by Gasteiger charge is -2.07. The summed E-state index contributed by atoms with van der Waals surface area (Å²) in [6.07, 6.45) is 0.884. The summed E-state index contributed by atoms with van der Waals surface area (Å²) in [7, 11) is 0. The Morgan fingerprint density at radius 2 is 1.68 bits per heavy atom. The Labute approximate surface area is 164 Å². The van der Waals surface area contributed by atoms with Crippen molar-refractivity contribution in [1.29, 1.82) is 0 Å². The number of Topliss-reactive ketones (excluding diaryl/α,β-unsaturated/α-hetero) is 2. The molecular weight excluding hydrogens is 358 g/mol. The Balaban J connectivity index is 1.83. The van der Waals surface area contributed by atoms with E-state index in [0.717, 1.165) is 5.56 Å². The predicted molar refractivity (Wildman–Crippen MR) is 106 cm³/mol. The van der Waals surface area contributed by atoms with Gasteiger partial charge in [-0.05, 0) is 37.1 Å². The van der Waals surface area contributed by atoms with Gasteiger partial charge in [-0.3, -0.25) is 14.4 Å². The van der Waals surface area contributed by atoms with Crippen LogP contribution in [0.5, 0.6) is 0 Å². The van der Waals surface area contributed by atoms with Crippen molar-refractivity contribution in [3.63, 3.8) is 0 Å². The first-order valence-corrected chi connectivity index (χ1v) is 9.21. The summed E-state index contributed by atoms with van der Waals surface area (Å²) in [5.41, 5.74) is 2.56. The number of aliphatic hydroxyl groups excluding tert-OH is 1. The van der Waals surface area contributed by atoms with Crippen LogP contribution in [0.4, 0.5) is 0 Å². The van der Waals surface area contributed by atoms with Crippen LogP contribution in [0.25, 0.3) is 0 Å². The highest BCUT2D eigenvalue weighted by molar-refractivity contribution is 6.00. The maximum atomic E-state index is 12.4. The molecule has 148 valence electrons. The molecular formula is C22H25NO5. The van der Waals surface area contributed by atoms with Crippen LogP contribution in [-0.4, -0.2) is 48.9 Å². The minimum absolute atomic E-state index is 0.0206. The van der Waals surface area contributed by atoms with E-state index in [2.05, 4.69) is 5.32 Å². The zero-order chi connectivity index (χ0) is 20.4. The lowest BCUT2D eigenvalue weighted by atomic mass is 9.99. The number of benzene rings is 2. The molecule has 0 spiro atoms. The third kappa shape index (κ3) is 6.72. The third-order valence-electron chi connectivity index (χ3n) is 4.22. The highest BCUT2D eigenvalue weighted by Crippen LogP contribution is 2.12. The minimum Gasteiger partial charge on any atom is -0.394 e. The van der Waals surface area contributed by atoms with Crippen molar-refractivity contribution in [2.24, 2.45) is 0 Å². The van der Waals surface area contributed by atoms with E-state index in [1.165, 1.54) is 6.92 Å². The van der Waals surface area contributed by atoms with Gasteiger partial charge >= 0.3 is 0 Å². The van der Waals surface area contributed by atoms with Gasteiger partial charge in [-0.25, -0.2) is 0 Å². The molecule has 1 amide bonds. The topological polar surface area (TPSA) is 92.7 Å². The van der Waals surface area contributed by atoms with Crippen molar-refractivity contribution in [3.05, 3.63) is 70.8 Å². The summed E-state index contributed by atoms with van der Waals surface area (Å²) in [6, 6.07) is 13.9. The lowest BCUT2D eigenvalue weighted by Crippen LogP contribution is -2.27. The lowest BCUT2D eigenvalue weighted by molar-refractivity contribution is 0.0837. The van der Waals surface area contributed by atoms with Crippen LogP contribution in [0.2, 0.25) is 0 Å². The SMILES string of the molecule is CC(=O)c1cccc(C(=O)CCc2ccc(C(=O)NCCOCCO)cc2)c1. The number of ether oxygens (including phenoxy) is 1. The second-order valence-electron chi connectivity index (χ2n) is 6.35. The quantitative estimate of drug-likeness (QED) is 0.459. The number of aryl methyl sites for hydroxylation is 1. The first-order chi connectivity index (χ1) is 13.5. The summed E-state index contributed by atoms with van der Waals surface area (Å²) in [5, 5.41) is 11.3. The van der Waals surface area contributed by atoms with Crippen LogP contribution in [0, 0.1) is 0 Å². The van der Waals surface area contributed by atoms with Crippen molar-refractivity contribution in [2.75, 3.05) is 26.4 Å². The van der Waals surface area contributed by atoms with Crippen LogP contribution < -0.4 is 5.32 Å². The molecule has 0 saturated heterocycles. The maximum absolute atomic E-state index is 12.4. The van der Waals surface area contributed by atoms with Gasteiger partial charge in [0.15, 0.2) is 11.6 Å². The largest absolute Gasteiger partial charge is 0.394 e. The van der Waals surface area contributed by atoms with Crippen LogP contribution in [0.1, 0.15) is 50.0 Å². The molecule has 0 aliphatic carbocycles. The fourth-order valence-electron chi connectivity index (χ4n) is 2.64. The number of rotatable bonds is 11. The number of ketones is 2. The van der Waals surface area contributed by atoms with Gasteiger partial charge < -0.3 is 15.2 Å². The van der Waals surface area contributed by atoms with Crippen LogP contribution in [-0.2, 0) is 11.2 Å². The molecule has 2 N–H and O–H groups in total. The zero-order valence-corrected chi connectivity index (χ0v) is 15.9. The summed E-state index contributed by atoms with van der Waals surface area (Å²) < 4.78 is 5.08. The van der Waals surface area contributed by atoms with Gasteiger partial charge in [0.1, 0.15) is 0 Å². The molecule has 0 fully saturated rings. The van der Waals surface area contributed by atoms with Crippen molar-refractivity contribution in [1.82, 2.24) is 5.32 Å². The van der Waals surface area contributed by atoms with E-state index in [9.17, 15) is 14.4 Å². The van der Waals surface area contributed by atoms with E-state index >= 15 is 0 Å². The summed E-state index contributed by atoms with van der Waals surface area (Å²) in [5.74, 6) is -0.285. The number of hydrogen-bond donors (Lipinski definition) is 2. The molecule has 0 bridgehead atoms. The van der Waals surface area contributed by atoms with E-state index in [1.807, 2.05) is 12.1 Å². The molecule has 0 saturated carbocycles. The van der Waals surface area contributed by atoms with E-state index in [1.54, 1.807) is 36.4 Å². The molecule has 0 aliphatic heterocycles. The summed E-state index contributed by atoms with van der Waals surface area (Å²) in [4.78, 5) is 35.8. The predicted octanol–water partition coefficient (Wildman–Crippen LogP) is 2.44. The van der Waals surface area contributed by atoms with Crippen molar-refractivity contribution < 1.29 is 24.2 Å². The molecule has 6 heteroatoms. The van der Waals surface area contributed by atoms with Crippen molar-refractivity contribution in [3.8, 4) is 0 Å². The smallest absolute Gasteiger partial charge is 0.251 e. The fraction of sp³-hybridized carbons (Fsp3) is 0.318. The van der Waals surface area contributed by atoms with E-state index in [0.29, 0.717) is 42.7 Å². The highest BCUT2D eigenvalue weighted by Gasteiger charge is 2.09. The van der Waals surface area contributed by atoms with Crippen LogP contribution in [0.15, 0.2) is 48.5 Å². The van der Waals surface area contributed by atoms with Gasteiger partial charge in [-0.2, -0.15) is 0 Å². The van der Waals surface area contributed by atoms with Crippen molar-refractivity contribution in [2.45, 2.75) is 19.8 Å². The Kier molecular flexibility index (Phi) is 8.52. The first kappa shape index (κ1) is 21.5. The highest BCUT2D eigenvalue weighted by atomic mass is 16.5. The second-order valence-corrected chi connectivity index (χ2v) is 6.35. The Bertz CT molecular complexity index is 814. The molecule has 0 radical (unpaired) electrons. The zero-order valence-electron chi connectivity index (χ0n) is 15.9. The van der Waals surface area contributed by atoms with Gasteiger partial charge in [-0.15, -0.1) is 0 Å². The van der Waals surface area contributed by atoms with Gasteiger partial charge in [0, 0.05) is 29.7 Å². The Hall–Kier alpha value is -2.83. The molecule has 2 aromatic rings. The molecule has 0 atom stereocenters. The first-order valence-electron chi connectivity index (χ1n) is 9.21. The average molecular weight is 383 g/mol. The molecule has 2 rings (SSSR count). The number of amides is 1. The van der Waals surface area contributed by atoms with Gasteiger partial charge in [0.05, 0.1) is 19.8 Å². The minimum atomic E-state index is -0.198. The van der Waals surface area contributed by atoms with E-state index < -0.39 is 0 Å². The molecule has 2 aromatic carbocycles. The Morgan fingerprint density at radius 3 is 2.36 bits per heavy atom. The molecule has 28 heavy (non-hydrogen) atoms. The molecule has 6 nitrogen and oxygen atoms in total. The molecule has 0 aromatic heterocycles. The molecule has 0 aliphatic rings. The monoisotopic (exact) mass is 383 g/mol. The second kappa shape index (κ2) is 11.1. The summed E-state index contributed by atoms with van der Waals surface area (Å²) >= 11 is 0.